The second kappa shape index (κ2) is 6.76. The van der Waals surface area contributed by atoms with Crippen molar-refractivity contribution >= 4 is 29.4 Å². The molecule has 0 unspecified atom stereocenters. The fourth-order valence-corrected chi connectivity index (χ4v) is 7.34. The molecule has 1 aliphatic heterocycles. The Morgan fingerprint density at radius 3 is 2.64 bits per heavy atom. The van der Waals surface area contributed by atoms with Crippen LogP contribution < -0.4 is 5.32 Å². The average molecular weight is 374 g/mol. The molecule has 1 saturated heterocycles. The molecule has 0 bridgehead atoms. The number of nitrogens with one attached hydrogen (secondary N) is 1. The van der Waals surface area contributed by atoms with Gasteiger partial charge in [0.05, 0.1) is 4.08 Å². The highest BCUT2D eigenvalue weighted by molar-refractivity contribution is 8.20. The molecule has 0 atom stereocenters. The number of hydrogen-bond donors (Lipinski definition) is 1. The predicted molar refractivity (Wildman–Crippen MR) is 105 cm³/mol. The molecular weight excluding hydrogens is 350 g/mol. The minimum Gasteiger partial charge on any atom is -0.455 e. The van der Waals surface area contributed by atoms with Crippen LogP contribution >= 0.6 is 23.5 Å². The standard InChI is InChI=1S/C20H23NO2S2/c1-13-5-7-15(8-6-13)12-21-19(22)18-14(2)17-16(23-18)4-3-9-20(17)24-10-11-25-20/h5-8H,3-4,9-12H2,1-2H3,(H,21,22). The van der Waals surface area contributed by atoms with Gasteiger partial charge in [-0.25, -0.2) is 0 Å². The summed E-state index contributed by atoms with van der Waals surface area (Å²) in [4.78, 5) is 12.7. The van der Waals surface area contributed by atoms with Crippen LogP contribution in [0.2, 0.25) is 0 Å². The number of furan rings is 1. The Morgan fingerprint density at radius 2 is 1.92 bits per heavy atom. The van der Waals surface area contributed by atoms with Gasteiger partial charge in [0.15, 0.2) is 5.76 Å². The van der Waals surface area contributed by atoms with E-state index in [0.29, 0.717) is 12.3 Å². The van der Waals surface area contributed by atoms with Crippen LogP contribution in [0.15, 0.2) is 28.7 Å². The SMILES string of the molecule is Cc1ccc(CNC(=O)c2oc3c(c2C)C2(CCC3)SCCS2)cc1. The first kappa shape index (κ1) is 17.1. The molecule has 0 saturated carbocycles. The van der Waals surface area contributed by atoms with Crippen LogP contribution in [0.5, 0.6) is 0 Å². The Kier molecular flexibility index (Phi) is 4.63. The van der Waals surface area contributed by atoms with Gasteiger partial charge in [0.25, 0.3) is 5.91 Å². The molecule has 132 valence electrons. The summed E-state index contributed by atoms with van der Waals surface area (Å²) in [5.41, 5.74) is 4.66. The lowest BCUT2D eigenvalue weighted by molar-refractivity contribution is 0.0920. The monoisotopic (exact) mass is 373 g/mol. The molecule has 1 aromatic carbocycles. The zero-order valence-electron chi connectivity index (χ0n) is 14.7. The zero-order valence-corrected chi connectivity index (χ0v) is 16.3. The Morgan fingerprint density at radius 1 is 1.20 bits per heavy atom. The van der Waals surface area contributed by atoms with E-state index in [1.807, 2.05) is 23.5 Å². The molecule has 1 spiro atoms. The normalized spacial score (nSPS) is 18.3. The predicted octanol–water partition coefficient (Wildman–Crippen LogP) is 4.80. The Balaban J connectivity index is 1.56. The molecule has 2 aliphatic rings. The summed E-state index contributed by atoms with van der Waals surface area (Å²) in [6.07, 6.45) is 3.27. The highest BCUT2D eigenvalue weighted by Gasteiger charge is 2.45. The number of carbonyl (C=O) groups is 1. The van der Waals surface area contributed by atoms with E-state index in [1.54, 1.807) is 0 Å². The average Bonchev–Trinajstić information content (AvgIpc) is 3.20. The lowest BCUT2D eigenvalue weighted by atomic mass is 9.94. The third kappa shape index (κ3) is 3.13. The largest absolute Gasteiger partial charge is 0.455 e. The quantitative estimate of drug-likeness (QED) is 0.839. The molecule has 1 aromatic heterocycles. The molecule has 1 fully saturated rings. The maximum Gasteiger partial charge on any atom is 0.287 e. The first-order valence-electron chi connectivity index (χ1n) is 8.83. The number of benzene rings is 1. The summed E-state index contributed by atoms with van der Waals surface area (Å²) in [6.45, 7) is 4.64. The van der Waals surface area contributed by atoms with E-state index in [9.17, 15) is 4.79 Å². The summed E-state index contributed by atoms with van der Waals surface area (Å²) < 4.78 is 6.18. The van der Waals surface area contributed by atoms with E-state index >= 15 is 0 Å². The van der Waals surface area contributed by atoms with Crippen LogP contribution in [-0.4, -0.2) is 17.4 Å². The highest BCUT2D eigenvalue weighted by Crippen LogP contribution is 2.59. The minimum absolute atomic E-state index is 0.101. The lowest BCUT2D eigenvalue weighted by Gasteiger charge is -2.31. The topological polar surface area (TPSA) is 42.2 Å². The van der Waals surface area contributed by atoms with Crippen molar-refractivity contribution in [1.82, 2.24) is 5.32 Å². The van der Waals surface area contributed by atoms with Gasteiger partial charge in [-0.3, -0.25) is 4.79 Å². The van der Waals surface area contributed by atoms with Crippen molar-refractivity contribution in [2.75, 3.05) is 11.5 Å². The van der Waals surface area contributed by atoms with Crippen LogP contribution in [0.1, 0.15) is 51.4 Å². The highest BCUT2D eigenvalue weighted by atomic mass is 32.2. The summed E-state index contributed by atoms with van der Waals surface area (Å²) in [5, 5.41) is 3.02. The smallest absolute Gasteiger partial charge is 0.287 e. The van der Waals surface area contributed by atoms with Crippen molar-refractivity contribution in [2.45, 2.75) is 43.7 Å². The number of carbonyl (C=O) groups excluding carboxylic acids is 1. The molecule has 3 nitrogen and oxygen atoms in total. The lowest BCUT2D eigenvalue weighted by Crippen LogP contribution is -2.24. The van der Waals surface area contributed by atoms with Gasteiger partial charge < -0.3 is 9.73 Å². The van der Waals surface area contributed by atoms with Gasteiger partial charge in [0, 0.05) is 35.6 Å². The maximum absolute atomic E-state index is 12.7. The Hall–Kier alpha value is -1.33. The van der Waals surface area contributed by atoms with E-state index < -0.39 is 0 Å². The molecule has 25 heavy (non-hydrogen) atoms. The van der Waals surface area contributed by atoms with Gasteiger partial charge >= 0.3 is 0 Å². The number of fused-ring (bicyclic) bond motifs is 2. The number of aryl methyl sites for hydroxylation is 2. The van der Waals surface area contributed by atoms with Crippen LogP contribution in [0.25, 0.3) is 0 Å². The number of rotatable bonds is 3. The van der Waals surface area contributed by atoms with Gasteiger partial charge in [-0.2, -0.15) is 0 Å². The molecule has 5 heteroatoms. The van der Waals surface area contributed by atoms with E-state index in [4.69, 9.17) is 4.42 Å². The molecule has 1 N–H and O–H groups in total. The van der Waals surface area contributed by atoms with Crippen LogP contribution in [-0.2, 0) is 17.0 Å². The van der Waals surface area contributed by atoms with Crippen molar-refractivity contribution in [3.05, 3.63) is 58.0 Å². The van der Waals surface area contributed by atoms with Gasteiger partial charge in [-0.1, -0.05) is 29.8 Å². The molecule has 2 heterocycles. The summed E-state index contributed by atoms with van der Waals surface area (Å²) >= 11 is 4.06. The third-order valence-electron chi connectivity index (χ3n) is 5.04. The Labute approximate surface area is 157 Å². The first-order chi connectivity index (χ1) is 12.1. The van der Waals surface area contributed by atoms with Crippen molar-refractivity contribution in [1.29, 1.82) is 0 Å². The second-order valence-electron chi connectivity index (χ2n) is 6.83. The van der Waals surface area contributed by atoms with E-state index in [0.717, 1.165) is 29.7 Å². The Bertz CT molecular complexity index is 789. The molecule has 0 radical (unpaired) electrons. The van der Waals surface area contributed by atoms with Gasteiger partial charge in [0.2, 0.25) is 0 Å². The van der Waals surface area contributed by atoms with Crippen molar-refractivity contribution < 1.29 is 9.21 Å². The first-order valence-corrected chi connectivity index (χ1v) is 10.8. The molecule has 1 amide bonds. The zero-order chi connectivity index (χ0) is 17.4. The summed E-state index contributed by atoms with van der Waals surface area (Å²) in [5.74, 6) is 3.81. The fourth-order valence-electron chi connectivity index (χ4n) is 3.78. The molecule has 2 aromatic rings. The van der Waals surface area contributed by atoms with Gasteiger partial charge in [-0.05, 0) is 32.3 Å². The third-order valence-corrected chi connectivity index (χ3v) is 8.58. The molecule has 4 rings (SSSR count). The fraction of sp³-hybridized carbons (Fsp3) is 0.450. The van der Waals surface area contributed by atoms with E-state index in [-0.39, 0.29) is 9.99 Å². The second-order valence-corrected chi connectivity index (χ2v) is 9.87. The minimum atomic E-state index is -0.101. The van der Waals surface area contributed by atoms with Crippen molar-refractivity contribution in [2.24, 2.45) is 0 Å². The van der Waals surface area contributed by atoms with E-state index in [1.165, 1.54) is 29.1 Å². The van der Waals surface area contributed by atoms with Gasteiger partial charge in [0.1, 0.15) is 5.76 Å². The molecule has 1 aliphatic carbocycles. The molecular formula is C20H23NO2S2. The summed E-state index contributed by atoms with van der Waals surface area (Å²) in [7, 11) is 0. The van der Waals surface area contributed by atoms with E-state index in [2.05, 4.69) is 43.4 Å². The number of hydrogen-bond acceptors (Lipinski definition) is 4. The van der Waals surface area contributed by atoms with Crippen molar-refractivity contribution in [3.63, 3.8) is 0 Å². The van der Waals surface area contributed by atoms with Gasteiger partial charge in [-0.15, -0.1) is 23.5 Å². The number of thioether (sulfide) groups is 2. The van der Waals surface area contributed by atoms with Crippen molar-refractivity contribution in [3.8, 4) is 0 Å². The van der Waals surface area contributed by atoms with Crippen LogP contribution in [0, 0.1) is 13.8 Å². The number of amides is 1. The van der Waals surface area contributed by atoms with Crippen LogP contribution in [0.3, 0.4) is 0 Å². The summed E-state index contributed by atoms with van der Waals surface area (Å²) in [6, 6.07) is 8.24. The van der Waals surface area contributed by atoms with Crippen LogP contribution in [0.4, 0.5) is 0 Å². The maximum atomic E-state index is 12.7.